The van der Waals surface area contributed by atoms with E-state index in [1.165, 1.54) is 6.07 Å². The summed E-state index contributed by atoms with van der Waals surface area (Å²) in [7, 11) is 0. The number of aliphatic carboxylic acids is 1. The van der Waals surface area contributed by atoms with Crippen LogP contribution < -0.4 is 4.74 Å². The van der Waals surface area contributed by atoms with Gasteiger partial charge in [0.1, 0.15) is 18.2 Å². The Bertz CT molecular complexity index is 1250. The lowest BCUT2D eigenvalue weighted by atomic mass is 9.70. The van der Waals surface area contributed by atoms with Gasteiger partial charge in [0.15, 0.2) is 11.6 Å². The molecule has 1 heterocycles. The van der Waals surface area contributed by atoms with E-state index < -0.39 is 11.9 Å². The summed E-state index contributed by atoms with van der Waals surface area (Å²) in [5, 5.41) is 9.34. The Morgan fingerprint density at radius 1 is 0.917 bits per heavy atom. The largest absolute Gasteiger partial charge is 0.488 e. The third-order valence-corrected chi connectivity index (χ3v) is 7.21. The Hall–Kier alpha value is -3.74. The highest BCUT2D eigenvalue weighted by atomic mass is 19.1. The third kappa shape index (κ3) is 4.45. The standard InChI is InChI=1S/C29H28FNO5/c30-20-9-3-1-7-18(20)17-36-25-14-4-2-8-19(25)27-28-21(10-5-12-23(28)32)31(16-15-26(34)35)22-11-6-13-24(33)29(22)27/h1-4,7-9,14,27H,5-6,10-13,15-17H2,(H,34,35). The lowest BCUT2D eigenvalue weighted by Crippen LogP contribution is -2.40. The summed E-state index contributed by atoms with van der Waals surface area (Å²) < 4.78 is 20.3. The molecule has 0 bridgehead atoms. The number of ketones is 2. The average Bonchev–Trinajstić information content (AvgIpc) is 2.87. The molecule has 0 saturated heterocycles. The number of carboxylic acid groups (broad SMARTS) is 1. The van der Waals surface area contributed by atoms with Crippen LogP contribution in [0.2, 0.25) is 0 Å². The number of hydrogen-bond donors (Lipinski definition) is 1. The number of carbonyl (C=O) groups excluding carboxylic acids is 2. The van der Waals surface area contributed by atoms with Crippen molar-refractivity contribution < 1.29 is 28.6 Å². The number of carbonyl (C=O) groups is 3. The Labute approximate surface area is 209 Å². The van der Waals surface area contributed by atoms with Gasteiger partial charge in [-0.1, -0.05) is 36.4 Å². The zero-order valence-corrected chi connectivity index (χ0v) is 20.0. The van der Waals surface area contributed by atoms with E-state index in [9.17, 15) is 23.9 Å². The number of allylic oxidation sites excluding steroid dienone is 4. The minimum Gasteiger partial charge on any atom is -0.488 e. The van der Waals surface area contributed by atoms with Crippen molar-refractivity contribution in [2.45, 2.75) is 57.5 Å². The first kappa shape index (κ1) is 24.0. The monoisotopic (exact) mass is 489 g/mol. The first-order chi connectivity index (χ1) is 17.5. The molecule has 0 aromatic heterocycles. The molecule has 2 aromatic rings. The van der Waals surface area contributed by atoms with E-state index >= 15 is 0 Å². The molecular weight excluding hydrogens is 461 g/mol. The van der Waals surface area contributed by atoms with E-state index in [0.717, 1.165) is 11.4 Å². The number of hydrogen-bond acceptors (Lipinski definition) is 5. The molecule has 0 saturated carbocycles. The molecule has 2 aromatic carbocycles. The Morgan fingerprint density at radius 2 is 1.53 bits per heavy atom. The van der Waals surface area contributed by atoms with Crippen molar-refractivity contribution in [3.63, 3.8) is 0 Å². The van der Waals surface area contributed by atoms with Gasteiger partial charge >= 0.3 is 5.97 Å². The average molecular weight is 490 g/mol. The molecule has 5 rings (SSSR count). The molecule has 186 valence electrons. The lowest BCUT2D eigenvalue weighted by Gasteiger charge is -2.44. The summed E-state index contributed by atoms with van der Waals surface area (Å²) in [6.07, 6.45) is 3.38. The fraction of sp³-hybridized carbons (Fsp3) is 0.345. The molecule has 1 N–H and O–H groups in total. The number of carboxylic acids is 1. The molecule has 0 amide bonds. The van der Waals surface area contributed by atoms with Crippen molar-refractivity contribution in [2.75, 3.05) is 6.54 Å². The third-order valence-electron chi connectivity index (χ3n) is 7.21. The van der Waals surface area contributed by atoms with Crippen LogP contribution in [0.4, 0.5) is 4.39 Å². The van der Waals surface area contributed by atoms with Gasteiger partial charge in [0.25, 0.3) is 0 Å². The minimum absolute atomic E-state index is 0.0147. The van der Waals surface area contributed by atoms with Gasteiger partial charge in [-0.3, -0.25) is 14.4 Å². The molecular formula is C29H28FNO5. The Kier molecular flexibility index (Phi) is 6.72. The first-order valence-electron chi connectivity index (χ1n) is 12.4. The first-order valence-corrected chi connectivity index (χ1v) is 12.4. The van der Waals surface area contributed by atoms with Crippen LogP contribution in [-0.4, -0.2) is 34.1 Å². The summed E-state index contributed by atoms with van der Waals surface area (Å²) >= 11 is 0. The number of para-hydroxylation sites is 1. The van der Waals surface area contributed by atoms with Gasteiger partial charge in [0.2, 0.25) is 0 Å². The summed E-state index contributed by atoms with van der Waals surface area (Å²) in [5.41, 5.74) is 3.92. The van der Waals surface area contributed by atoms with Crippen molar-refractivity contribution in [1.29, 1.82) is 0 Å². The second-order valence-electron chi connectivity index (χ2n) is 9.42. The maximum absolute atomic E-state index is 14.2. The van der Waals surface area contributed by atoms with Gasteiger partial charge in [0, 0.05) is 59.0 Å². The Balaban J connectivity index is 1.61. The van der Waals surface area contributed by atoms with Gasteiger partial charge in [-0.25, -0.2) is 4.39 Å². The van der Waals surface area contributed by atoms with Crippen LogP contribution >= 0.6 is 0 Å². The second-order valence-corrected chi connectivity index (χ2v) is 9.42. The normalized spacial score (nSPS) is 18.3. The summed E-state index contributed by atoms with van der Waals surface area (Å²) in [6, 6.07) is 13.7. The van der Waals surface area contributed by atoms with E-state index in [0.29, 0.717) is 66.5 Å². The smallest absolute Gasteiger partial charge is 0.305 e. The predicted octanol–water partition coefficient (Wildman–Crippen LogP) is 5.29. The molecule has 0 radical (unpaired) electrons. The highest BCUT2D eigenvalue weighted by molar-refractivity contribution is 6.06. The molecule has 2 aliphatic carbocycles. The van der Waals surface area contributed by atoms with E-state index in [1.54, 1.807) is 24.3 Å². The maximum atomic E-state index is 14.2. The van der Waals surface area contributed by atoms with E-state index in [2.05, 4.69) is 0 Å². The fourth-order valence-electron chi connectivity index (χ4n) is 5.63. The molecule has 0 unspecified atom stereocenters. The van der Waals surface area contributed by atoms with Crippen LogP contribution in [-0.2, 0) is 21.0 Å². The van der Waals surface area contributed by atoms with Crippen LogP contribution in [0.5, 0.6) is 5.75 Å². The van der Waals surface area contributed by atoms with Crippen LogP contribution in [0, 0.1) is 5.82 Å². The van der Waals surface area contributed by atoms with Crippen molar-refractivity contribution in [3.05, 3.63) is 88.0 Å². The van der Waals surface area contributed by atoms with Gasteiger partial charge in [-0.15, -0.1) is 0 Å². The summed E-state index contributed by atoms with van der Waals surface area (Å²) in [6.45, 7) is 0.243. The molecule has 0 atom stereocenters. The fourth-order valence-corrected chi connectivity index (χ4v) is 5.63. The Morgan fingerprint density at radius 3 is 2.17 bits per heavy atom. The van der Waals surface area contributed by atoms with Crippen LogP contribution in [0.3, 0.4) is 0 Å². The van der Waals surface area contributed by atoms with Gasteiger partial charge in [0.05, 0.1) is 6.42 Å². The molecule has 0 fully saturated rings. The summed E-state index contributed by atoms with van der Waals surface area (Å²) in [5.74, 6) is -1.39. The number of nitrogens with zero attached hydrogens (tertiary/aromatic N) is 1. The van der Waals surface area contributed by atoms with Crippen molar-refractivity contribution in [1.82, 2.24) is 4.90 Å². The molecule has 7 heteroatoms. The predicted molar refractivity (Wildman–Crippen MR) is 131 cm³/mol. The molecule has 1 aliphatic heterocycles. The van der Waals surface area contributed by atoms with Crippen LogP contribution in [0.25, 0.3) is 0 Å². The van der Waals surface area contributed by atoms with E-state index in [1.807, 2.05) is 23.1 Å². The summed E-state index contributed by atoms with van der Waals surface area (Å²) in [4.78, 5) is 40.1. The van der Waals surface area contributed by atoms with Gasteiger partial charge in [-0.2, -0.15) is 0 Å². The maximum Gasteiger partial charge on any atom is 0.305 e. The van der Waals surface area contributed by atoms with Crippen molar-refractivity contribution in [2.24, 2.45) is 0 Å². The number of ether oxygens (including phenoxy) is 1. The molecule has 6 nitrogen and oxygen atoms in total. The van der Waals surface area contributed by atoms with E-state index in [-0.39, 0.29) is 37.0 Å². The SMILES string of the molecule is O=C(O)CCN1C2=C(C(=O)CCC2)C(c2ccccc2OCc2ccccc2F)C2=C1CCCC2=O. The van der Waals surface area contributed by atoms with Crippen molar-refractivity contribution >= 4 is 17.5 Å². The van der Waals surface area contributed by atoms with E-state index in [4.69, 9.17) is 4.74 Å². The number of benzene rings is 2. The zero-order valence-electron chi connectivity index (χ0n) is 20.0. The zero-order chi connectivity index (χ0) is 25.2. The molecule has 0 spiro atoms. The quantitative estimate of drug-likeness (QED) is 0.569. The minimum atomic E-state index is -0.919. The lowest BCUT2D eigenvalue weighted by molar-refractivity contribution is -0.137. The highest BCUT2D eigenvalue weighted by Gasteiger charge is 2.44. The number of Topliss-reactive ketones (excluding diaryl/α,β-unsaturated/α-hetero) is 2. The van der Waals surface area contributed by atoms with Crippen LogP contribution in [0.15, 0.2) is 71.1 Å². The molecule has 36 heavy (non-hydrogen) atoms. The van der Waals surface area contributed by atoms with Crippen molar-refractivity contribution in [3.8, 4) is 5.75 Å². The topological polar surface area (TPSA) is 83.9 Å². The number of rotatable bonds is 7. The highest BCUT2D eigenvalue weighted by Crippen LogP contribution is 2.50. The van der Waals surface area contributed by atoms with Crippen LogP contribution in [0.1, 0.15) is 62.0 Å². The number of halogens is 1. The second kappa shape index (κ2) is 10.1. The molecule has 3 aliphatic rings. The van der Waals surface area contributed by atoms with Gasteiger partial charge in [-0.05, 0) is 37.8 Å². The van der Waals surface area contributed by atoms with Gasteiger partial charge < -0.3 is 14.7 Å².